The maximum atomic E-state index is 11.1. The van der Waals surface area contributed by atoms with Crippen LogP contribution in [0.4, 0.5) is 0 Å². The number of carbonyl (C=O) groups is 2. The fourth-order valence-corrected chi connectivity index (χ4v) is 2.17. The molecule has 1 N–H and O–H groups in total. The summed E-state index contributed by atoms with van der Waals surface area (Å²) in [6.45, 7) is 0. The van der Waals surface area contributed by atoms with Crippen molar-refractivity contribution in [1.29, 1.82) is 0 Å². The first-order valence-electron chi connectivity index (χ1n) is 4.57. The van der Waals surface area contributed by atoms with Crippen LogP contribution < -0.4 is 5.32 Å². The van der Waals surface area contributed by atoms with E-state index < -0.39 is 0 Å². The first-order chi connectivity index (χ1) is 5.75. The molecule has 3 heteroatoms. The second kappa shape index (κ2) is 2.88. The molecule has 1 heterocycles. The van der Waals surface area contributed by atoms with E-state index in [1.54, 1.807) is 0 Å². The Morgan fingerprint density at radius 1 is 1.17 bits per heavy atom. The van der Waals surface area contributed by atoms with E-state index in [4.69, 9.17) is 0 Å². The molecular formula is C9H13NO2. The van der Waals surface area contributed by atoms with Crippen LogP contribution in [0.1, 0.15) is 32.1 Å². The van der Waals surface area contributed by atoms with Crippen molar-refractivity contribution >= 4 is 11.7 Å². The van der Waals surface area contributed by atoms with Crippen LogP contribution in [-0.2, 0) is 9.59 Å². The minimum atomic E-state index is 0.117. The highest BCUT2D eigenvalue weighted by atomic mass is 16.2. The smallest absolute Gasteiger partial charge is 0.220 e. The highest BCUT2D eigenvalue weighted by molar-refractivity contribution is 5.83. The molecule has 0 aromatic rings. The van der Waals surface area contributed by atoms with Gasteiger partial charge >= 0.3 is 0 Å². The van der Waals surface area contributed by atoms with Crippen molar-refractivity contribution in [1.82, 2.24) is 5.32 Å². The maximum absolute atomic E-state index is 11.1. The van der Waals surface area contributed by atoms with Crippen molar-refractivity contribution in [3.8, 4) is 0 Å². The minimum Gasteiger partial charge on any atom is -0.353 e. The van der Waals surface area contributed by atoms with E-state index in [1.807, 2.05) is 0 Å². The molecule has 2 fully saturated rings. The summed E-state index contributed by atoms with van der Waals surface area (Å²) in [6, 6.07) is 0.160. The number of ketones is 1. The summed E-state index contributed by atoms with van der Waals surface area (Å²) in [5, 5.41) is 2.89. The summed E-state index contributed by atoms with van der Waals surface area (Å²) in [5.41, 5.74) is 0. The Balaban J connectivity index is 2.03. The van der Waals surface area contributed by atoms with E-state index in [2.05, 4.69) is 5.32 Å². The van der Waals surface area contributed by atoms with Gasteiger partial charge in [-0.2, -0.15) is 0 Å². The van der Waals surface area contributed by atoms with E-state index in [0.717, 1.165) is 19.3 Å². The number of hydrogen-bond acceptors (Lipinski definition) is 2. The molecule has 0 spiro atoms. The number of nitrogens with one attached hydrogen (secondary N) is 1. The standard InChI is InChI=1S/C9H13NO2/c11-7-3-1-6-2-4-9(12)10-8(6)5-7/h6,8H,1-5H2,(H,10,12)/t6-,8-/m0/s1. The van der Waals surface area contributed by atoms with Gasteiger partial charge in [0.05, 0.1) is 0 Å². The van der Waals surface area contributed by atoms with Crippen LogP contribution >= 0.6 is 0 Å². The third-order valence-corrected chi connectivity index (χ3v) is 2.90. The second-order valence-electron chi connectivity index (χ2n) is 3.75. The quantitative estimate of drug-likeness (QED) is 0.575. The zero-order valence-corrected chi connectivity index (χ0v) is 7.01. The van der Waals surface area contributed by atoms with Crippen LogP contribution in [-0.4, -0.2) is 17.7 Å². The third kappa shape index (κ3) is 1.36. The molecule has 0 aromatic carbocycles. The normalized spacial score (nSPS) is 35.7. The molecule has 1 aliphatic heterocycles. The van der Waals surface area contributed by atoms with Gasteiger partial charge in [0.1, 0.15) is 5.78 Å². The third-order valence-electron chi connectivity index (χ3n) is 2.90. The SMILES string of the molecule is O=C1CC[C@H]2CCC(=O)N[C@H]2C1. The van der Waals surface area contributed by atoms with Gasteiger partial charge in [-0.1, -0.05) is 0 Å². The summed E-state index contributed by atoms with van der Waals surface area (Å²) >= 11 is 0. The average Bonchev–Trinajstić information content (AvgIpc) is 2.03. The van der Waals surface area contributed by atoms with Crippen molar-refractivity contribution in [2.75, 3.05) is 0 Å². The van der Waals surface area contributed by atoms with Gasteiger partial charge in [0.15, 0.2) is 0 Å². The number of piperidine rings is 1. The first-order valence-corrected chi connectivity index (χ1v) is 4.57. The van der Waals surface area contributed by atoms with E-state index in [9.17, 15) is 9.59 Å². The average molecular weight is 167 g/mol. The molecule has 66 valence electrons. The zero-order chi connectivity index (χ0) is 8.55. The topological polar surface area (TPSA) is 46.2 Å². The number of amides is 1. The molecule has 0 bridgehead atoms. The van der Waals surface area contributed by atoms with Gasteiger partial charge in [-0.15, -0.1) is 0 Å². The lowest BCUT2D eigenvalue weighted by molar-refractivity contribution is -0.127. The predicted octanol–water partition coefficient (Wildman–Crippen LogP) is 0.634. The van der Waals surface area contributed by atoms with Gasteiger partial charge in [0, 0.05) is 25.3 Å². The summed E-state index contributed by atoms with van der Waals surface area (Å²) in [4.78, 5) is 22.1. The Bertz CT molecular complexity index is 203. The molecule has 12 heavy (non-hydrogen) atoms. The minimum absolute atomic E-state index is 0.117. The van der Waals surface area contributed by atoms with Crippen LogP contribution in [0.3, 0.4) is 0 Å². The van der Waals surface area contributed by atoms with Crippen LogP contribution in [0, 0.1) is 5.92 Å². The van der Waals surface area contributed by atoms with Gasteiger partial charge in [-0.25, -0.2) is 0 Å². The Morgan fingerprint density at radius 3 is 2.75 bits per heavy atom. The van der Waals surface area contributed by atoms with Crippen molar-refractivity contribution in [2.24, 2.45) is 5.92 Å². The molecular weight excluding hydrogens is 154 g/mol. The van der Waals surface area contributed by atoms with Crippen molar-refractivity contribution < 1.29 is 9.59 Å². The molecule has 1 amide bonds. The number of fused-ring (bicyclic) bond motifs is 1. The van der Waals surface area contributed by atoms with Gasteiger partial charge < -0.3 is 5.32 Å². The largest absolute Gasteiger partial charge is 0.353 e. The monoisotopic (exact) mass is 167 g/mol. The van der Waals surface area contributed by atoms with Crippen LogP contribution in [0.15, 0.2) is 0 Å². The van der Waals surface area contributed by atoms with E-state index >= 15 is 0 Å². The van der Waals surface area contributed by atoms with Crippen LogP contribution in [0.5, 0.6) is 0 Å². The molecule has 3 nitrogen and oxygen atoms in total. The second-order valence-corrected chi connectivity index (χ2v) is 3.75. The number of carbonyl (C=O) groups excluding carboxylic acids is 2. The molecule has 1 aliphatic carbocycles. The Hall–Kier alpha value is -0.860. The summed E-state index contributed by atoms with van der Waals surface area (Å²) in [6.07, 6.45) is 3.89. The van der Waals surface area contributed by atoms with Crippen molar-refractivity contribution in [3.05, 3.63) is 0 Å². The zero-order valence-electron chi connectivity index (χ0n) is 7.01. The molecule has 1 saturated carbocycles. The van der Waals surface area contributed by atoms with Crippen LogP contribution in [0.25, 0.3) is 0 Å². The maximum Gasteiger partial charge on any atom is 0.220 e. The highest BCUT2D eigenvalue weighted by Gasteiger charge is 2.33. The molecule has 0 radical (unpaired) electrons. The Morgan fingerprint density at radius 2 is 1.92 bits per heavy atom. The van der Waals surface area contributed by atoms with Gasteiger partial charge in [-0.05, 0) is 18.8 Å². The van der Waals surface area contributed by atoms with Crippen molar-refractivity contribution in [2.45, 2.75) is 38.1 Å². The Kier molecular flexibility index (Phi) is 1.87. The summed E-state index contributed by atoms with van der Waals surface area (Å²) in [5.74, 6) is 0.991. The van der Waals surface area contributed by atoms with Gasteiger partial charge in [0.25, 0.3) is 0 Å². The number of Topliss-reactive ketones (excluding diaryl/α,β-unsaturated/α-hetero) is 1. The lowest BCUT2D eigenvalue weighted by Crippen LogP contribution is -2.48. The Labute approximate surface area is 71.5 Å². The highest BCUT2D eigenvalue weighted by Crippen LogP contribution is 2.28. The molecule has 1 saturated heterocycles. The fraction of sp³-hybridized carbons (Fsp3) is 0.778. The predicted molar refractivity (Wildman–Crippen MR) is 43.5 cm³/mol. The molecule has 2 atom stereocenters. The van der Waals surface area contributed by atoms with E-state index in [-0.39, 0.29) is 11.9 Å². The lowest BCUT2D eigenvalue weighted by atomic mass is 9.79. The van der Waals surface area contributed by atoms with Crippen LogP contribution in [0.2, 0.25) is 0 Å². The molecule has 2 aliphatic rings. The number of hydrogen-bond donors (Lipinski definition) is 1. The van der Waals surface area contributed by atoms with E-state index in [1.165, 1.54) is 0 Å². The summed E-state index contributed by atoms with van der Waals surface area (Å²) < 4.78 is 0. The fourth-order valence-electron chi connectivity index (χ4n) is 2.17. The lowest BCUT2D eigenvalue weighted by Gasteiger charge is -2.35. The summed E-state index contributed by atoms with van der Waals surface area (Å²) in [7, 11) is 0. The van der Waals surface area contributed by atoms with Gasteiger partial charge in [0.2, 0.25) is 5.91 Å². The molecule has 0 unspecified atom stereocenters. The molecule has 2 rings (SSSR count). The first kappa shape index (κ1) is 7.77. The van der Waals surface area contributed by atoms with E-state index in [0.29, 0.717) is 24.5 Å². The van der Waals surface area contributed by atoms with Crippen molar-refractivity contribution in [3.63, 3.8) is 0 Å². The van der Waals surface area contributed by atoms with Gasteiger partial charge in [-0.3, -0.25) is 9.59 Å². The molecule has 0 aromatic heterocycles. The number of rotatable bonds is 0.